The molecule has 2 nitrogen and oxygen atoms in total. The molecule has 0 rings (SSSR count). The molecule has 0 fully saturated rings. The van der Waals surface area contributed by atoms with Crippen LogP contribution in [0, 0.1) is 0 Å². The van der Waals surface area contributed by atoms with E-state index < -0.39 is 7.80 Å². The van der Waals surface area contributed by atoms with Gasteiger partial charge in [-0.1, -0.05) is 0 Å². The van der Waals surface area contributed by atoms with E-state index in [9.17, 15) is 9.36 Å². The summed E-state index contributed by atoms with van der Waals surface area (Å²) in [6.45, 7) is 1.36. The van der Waals surface area contributed by atoms with Crippen LogP contribution in [0.15, 0.2) is 0 Å². The van der Waals surface area contributed by atoms with Crippen LogP contribution in [0.1, 0.15) is 0 Å². The summed E-state index contributed by atoms with van der Waals surface area (Å²) in [5.74, 6) is 0. The van der Waals surface area contributed by atoms with Crippen LogP contribution in [0.2, 0.25) is 0 Å². The molecule has 0 heterocycles. The van der Waals surface area contributed by atoms with Crippen molar-refractivity contribution in [1.29, 1.82) is 0 Å². The molecular weight excluding hydrogens is 87.0 g/mol. The summed E-state index contributed by atoms with van der Waals surface area (Å²) >= 11 is 0. The molecule has 1 atom stereocenters. The van der Waals surface area contributed by atoms with Gasteiger partial charge in [-0.25, -0.2) is 0 Å². The fourth-order valence-electron chi connectivity index (χ4n) is 0. The van der Waals surface area contributed by atoms with Crippen LogP contribution >= 0.6 is 7.80 Å². The van der Waals surface area contributed by atoms with Crippen molar-refractivity contribution in [3.05, 3.63) is 0 Å². The van der Waals surface area contributed by atoms with Gasteiger partial charge < -0.3 is 0 Å². The summed E-state index contributed by atoms with van der Waals surface area (Å²) in [5.41, 5.74) is 0. The second-order valence-electron chi connectivity index (χ2n) is 0.652. The number of rotatable bonds is 1. The zero-order valence-electron chi connectivity index (χ0n) is 2.84. The Balaban J connectivity index is 3.20. The van der Waals surface area contributed by atoms with Crippen molar-refractivity contribution >= 4 is 13.8 Å². The summed E-state index contributed by atoms with van der Waals surface area (Å²) in [6.07, 6.45) is 0. The van der Waals surface area contributed by atoms with Gasteiger partial charge in [-0.15, -0.1) is 0 Å². The molecule has 0 aromatic rings. The van der Waals surface area contributed by atoms with Crippen LogP contribution in [-0.4, -0.2) is 12.7 Å². The first kappa shape index (κ1) is 4.77. The molecule has 0 N–H and O–H groups in total. The SMILES string of the molecule is C[P](=O)C=O. The first-order valence-electron chi connectivity index (χ1n) is 1.12. The number of hydrogen-bond acceptors (Lipinski definition) is 2. The van der Waals surface area contributed by atoms with Crippen LogP contribution in [-0.2, 0) is 9.36 Å². The molecule has 0 aliphatic heterocycles. The molecule has 0 amide bonds. The Morgan fingerprint density at radius 2 is 2.00 bits per heavy atom. The van der Waals surface area contributed by atoms with E-state index in [2.05, 4.69) is 0 Å². The lowest BCUT2D eigenvalue weighted by Gasteiger charge is -1.59. The van der Waals surface area contributed by atoms with Crippen LogP contribution in [0.5, 0.6) is 0 Å². The van der Waals surface area contributed by atoms with Crippen molar-refractivity contribution in [2.75, 3.05) is 6.66 Å². The third kappa shape index (κ3) is 3.77. The third-order valence-electron chi connectivity index (χ3n) is 0.148. The van der Waals surface area contributed by atoms with E-state index in [4.69, 9.17) is 0 Å². The monoisotopic (exact) mass is 91.0 g/mol. The molecule has 0 aliphatic carbocycles. The molecule has 0 aliphatic rings. The van der Waals surface area contributed by atoms with Gasteiger partial charge in [-0.05, 0) is 0 Å². The number of carbonyl (C=O) groups is 1. The normalized spacial score (nSPS) is 10.2. The topological polar surface area (TPSA) is 34.1 Å². The second-order valence-corrected chi connectivity index (χ2v) is 1.95. The minimum Gasteiger partial charge on any atom is -0.290 e. The molecule has 29 valence electrons. The Labute approximate surface area is 31.0 Å². The van der Waals surface area contributed by atoms with Crippen LogP contribution in [0.3, 0.4) is 0 Å². The van der Waals surface area contributed by atoms with E-state index in [0.717, 1.165) is 0 Å². The fraction of sp³-hybridized carbons (Fsp3) is 0.500. The number of hydrogen-bond donors (Lipinski definition) is 0. The maximum atomic E-state index is 9.59. The zero-order chi connectivity index (χ0) is 4.28. The van der Waals surface area contributed by atoms with E-state index >= 15 is 0 Å². The predicted molar refractivity (Wildman–Crippen MR) is 20.3 cm³/mol. The number of carbonyl (C=O) groups excluding carboxylic acids is 1. The van der Waals surface area contributed by atoms with Crippen molar-refractivity contribution in [3.63, 3.8) is 0 Å². The minimum atomic E-state index is -1.53. The first-order valence-corrected chi connectivity index (χ1v) is 2.90. The van der Waals surface area contributed by atoms with Crippen molar-refractivity contribution in [1.82, 2.24) is 0 Å². The minimum absolute atomic E-state index is 0.426. The van der Waals surface area contributed by atoms with Gasteiger partial charge in [0, 0.05) is 6.66 Å². The van der Waals surface area contributed by atoms with Gasteiger partial charge in [0.1, 0.15) is 7.80 Å². The Kier molecular flexibility index (Phi) is 1.94. The lowest BCUT2D eigenvalue weighted by Crippen LogP contribution is -1.48. The Morgan fingerprint density at radius 3 is 2.00 bits per heavy atom. The summed E-state index contributed by atoms with van der Waals surface area (Å²) < 4.78 is 9.59. The molecule has 3 heteroatoms. The molecular formula is C2H4O2P. The fourth-order valence-corrected chi connectivity index (χ4v) is 0. The van der Waals surface area contributed by atoms with Crippen molar-refractivity contribution in [2.45, 2.75) is 0 Å². The largest absolute Gasteiger partial charge is 0.290 e. The maximum absolute atomic E-state index is 9.59. The Hall–Kier alpha value is -0.230. The van der Waals surface area contributed by atoms with Gasteiger partial charge in [-0.3, -0.25) is 9.36 Å². The highest BCUT2D eigenvalue weighted by Gasteiger charge is 1.74. The lowest BCUT2D eigenvalue weighted by molar-refractivity contribution is 0.559. The zero-order valence-corrected chi connectivity index (χ0v) is 3.74. The standard InChI is InChI=1S/C2H4O2P/c1-5(4)2-3/h2H,1H3. The smallest absolute Gasteiger partial charge is 0.199 e. The quantitative estimate of drug-likeness (QED) is 0.350. The predicted octanol–water partition coefficient (Wildman–Crippen LogP) is 0.634. The highest BCUT2D eigenvalue weighted by molar-refractivity contribution is 7.60. The van der Waals surface area contributed by atoms with Crippen LogP contribution < -0.4 is 0 Å². The Bertz CT molecular complexity index is 58.7. The molecule has 0 saturated heterocycles. The molecule has 0 spiro atoms. The molecule has 0 aromatic heterocycles. The van der Waals surface area contributed by atoms with E-state index in [-0.39, 0.29) is 0 Å². The Morgan fingerprint density at radius 1 is 1.80 bits per heavy atom. The lowest BCUT2D eigenvalue weighted by atomic mass is 11.8. The van der Waals surface area contributed by atoms with Crippen molar-refractivity contribution in [2.24, 2.45) is 0 Å². The molecule has 0 saturated carbocycles. The highest BCUT2D eigenvalue weighted by Crippen LogP contribution is 2.03. The third-order valence-corrected chi connectivity index (χ3v) is 0.445. The van der Waals surface area contributed by atoms with Gasteiger partial charge in [0.2, 0.25) is 0 Å². The molecule has 0 aromatic carbocycles. The summed E-state index contributed by atoms with van der Waals surface area (Å²) in [6, 6.07) is 0.426. The van der Waals surface area contributed by atoms with Crippen LogP contribution in [0.4, 0.5) is 0 Å². The van der Waals surface area contributed by atoms with Gasteiger partial charge in [0.25, 0.3) is 0 Å². The summed E-state index contributed by atoms with van der Waals surface area (Å²) in [5, 5.41) is 0. The van der Waals surface area contributed by atoms with Crippen molar-refractivity contribution in [3.8, 4) is 0 Å². The average Bonchev–Trinajstić information content (AvgIpc) is 1.38. The van der Waals surface area contributed by atoms with E-state index in [0.29, 0.717) is 6.03 Å². The molecule has 0 bridgehead atoms. The van der Waals surface area contributed by atoms with Crippen LogP contribution in [0.25, 0.3) is 0 Å². The van der Waals surface area contributed by atoms with Gasteiger partial charge in [0.15, 0.2) is 6.03 Å². The summed E-state index contributed by atoms with van der Waals surface area (Å²) in [7, 11) is -1.53. The second kappa shape index (κ2) is 2.04. The average molecular weight is 91.0 g/mol. The van der Waals surface area contributed by atoms with Gasteiger partial charge in [0.05, 0.1) is 0 Å². The van der Waals surface area contributed by atoms with Gasteiger partial charge >= 0.3 is 0 Å². The summed E-state index contributed by atoms with van der Waals surface area (Å²) in [4.78, 5) is 9.22. The molecule has 5 heavy (non-hydrogen) atoms. The first-order chi connectivity index (χ1) is 2.27. The van der Waals surface area contributed by atoms with Crippen molar-refractivity contribution < 1.29 is 9.36 Å². The van der Waals surface area contributed by atoms with E-state index in [1.54, 1.807) is 0 Å². The molecule has 1 radical (unpaired) electrons. The van der Waals surface area contributed by atoms with E-state index in [1.165, 1.54) is 6.66 Å². The highest BCUT2D eigenvalue weighted by atomic mass is 31.1. The maximum Gasteiger partial charge on any atom is 0.199 e. The van der Waals surface area contributed by atoms with Gasteiger partial charge in [-0.2, -0.15) is 0 Å². The molecule has 1 unspecified atom stereocenters. The van der Waals surface area contributed by atoms with E-state index in [1.807, 2.05) is 0 Å².